The molecule has 0 atom stereocenters. The molecule has 10 nitrogen and oxygen atoms in total. The van der Waals surface area contributed by atoms with Gasteiger partial charge in [0.15, 0.2) is 11.7 Å². The van der Waals surface area contributed by atoms with E-state index in [0.717, 1.165) is 0 Å². The number of hydrogen-bond acceptors (Lipinski definition) is 9. The van der Waals surface area contributed by atoms with Gasteiger partial charge in [0.1, 0.15) is 11.5 Å². The van der Waals surface area contributed by atoms with Crippen LogP contribution in [0.3, 0.4) is 0 Å². The first-order chi connectivity index (χ1) is 16.9. The molecule has 1 amide bonds. The standard InChI is InChI=1S/C24H22N4O6S/c1-28-23(31)16-7-5-4-6-15(16)18(27-28)11-22(30)34-12-21(29)26-24-25-19(13-35-24)17-10-14(32-2)8-9-20(17)33-3/h4-10,13H,11-12H2,1-3H3,(H,25,26,29). The number of amides is 1. The highest BCUT2D eigenvalue weighted by Gasteiger charge is 2.16. The molecule has 11 heteroatoms. The van der Waals surface area contributed by atoms with Gasteiger partial charge in [0.2, 0.25) is 0 Å². The van der Waals surface area contributed by atoms with Crippen LogP contribution >= 0.6 is 11.3 Å². The maximum atomic E-state index is 12.4. The van der Waals surface area contributed by atoms with E-state index in [1.807, 2.05) is 0 Å². The Balaban J connectivity index is 1.38. The number of anilines is 1. The molecular weight excluding hydrogens is 472 g/mol. The molecule has 0 spiro atoms. The Bertz CT molecular complexity index is 1460. The maximum Gasteiger partial charge on any atom is 0.312 e. The van der Waals surface area contributed by atoms with E-state index in [1.165, 1.54) is 23.1 Å². The minimum atomic E-state index is -0.641. The lowest BCUT2D eigenvalue weighted by Gasteiger charge is -2.09. The van der Waals surface area contributed by atoms with Gasteiger partial charge in [-0.1, -0.05) is 18.2 Å². The molecular formula is C24H22N4O6S. The smallest absolute Gasteiger partial charge is 0.312 e. The minimum absolute atomic E-state index is 0.182. The van der Waals surface area contributed by atoms with Gasteiger partial charge in [0.25, 0.3) is 11.5 Å². The molecule has 0 fully saturated rings. The fourth-order valence-corrected chi connectivity index (χ4v) is 4.19. The summed E-state index contributed by atoms with van der Waals surface area (Å²) in [6, 6.07) is 12.2. The van der Waals surface area contributed by atoms with Crippen LogP contribution in [-0.4, -0.2) is 47.5 Å². The Kier molecular flexibility index (Phi) is 7.06. The minimum Gasteiger partial charge on any atom is -0.497 e. The molecule has 0 radical (unpaired) electrons. The van der Waals surface area contributed by atoms with Crippen molar-refractivity contribution in [1.82, 2.24) is 14.8 Å². The second-order valence-corrected chi connectivity index (χ2v) is 8.27. The monoisotopic (exact) mass is 494 g/mol. The van der Waals surface area contributed by atoms with Crippen LogP contribution in [0.4, 0.5) is 5.13 Å². The van der Waals surface area contributed by atoms with E-state index in [2.05, 4.69) is 15.4 Å². The van der Waals surface area contributed by atoms with E-state index in [0.29, 0.717) is 44.4 Å². The summed E-state index contributed by atoms with van der Waals surface area (Å²) in [6.45, 7) is -0.486. The summed E-state index contributed by atoms with van der Waals surface area (Å²) in [5.41, 5.74) is 1.45. The lowest BCUT2D eigenvalue weighted by molar-refractivity contribution is -0.146. The molecule has 2 heterocycles. The summed E-state index contributed by atoms with van der Waals surface area (Å²) in [5, 5.41) is 9.93. The molecule has 0 aliphatic carbocycles. The second-order valence-electron chi connectivity index (χ2n) is 7.41. The number of nitrogens with zero attached hydrogens (tertiary/aromatic N) is 3. The van der Waals surface area contributed by atoms with Gasteiger partial charge < -0.3 is 14.2 Å². The quantitative estimate of drug-likeness (QED) is 0.371. The zero-order valence-electron chi connectivity index (χ0n) is 19.2. The van der Waals surface area contributed by atoms with Gasteiger partial charge >= 0.3 is 5.97 Å². The summed E-state index contributed by atoms with van der Waals surface area (Å²) < 4.78 is 16.9. The maximum absolute atomic E-state index is 12.4. The van der Waals surface area contributed by atoms with Gasteiger partial charge in [-0.3, -0.25) is 19.7 Å². The van der Waals surface area contributed by atoms with Gasteiger partial charge in [0.05, 0.1) is 37.4 Å². The number of rotatable bonds is 8. The summed E-state index contributed by atoms with van der Waals surface area (Å²) >= 11 is 1.22. The van der Waals surface area contributed by atoms with Gasteiger partial charge in [-0.25, -0.2) is 9.67 Å². The van der Waals surface area contributed by atoms with Crippen LogP contribution in [0, 0.1) is 0 Å². The van der Waals surface area contributed by atoms with Crippen LogP contribution < -0.4 is 20.3 Å². The zero-order chi connectivity index (χ0) is 24.9. The Labute approximate surface area is 204 Å². The summed E-state index contributed by atoms with van der Waals surface area (Å²) in [5.74, 6) is 0.0852. The SMILES string of the molecule is COc1ccc(OC)c(-c2csc(NC(=O)COC(=O)Cc3nn(C)c(=O)c4ccccc34)n2)c1. The highest BCUT2D eigenvalue weighted by atomic mass is 32.1. The fourth-order valence-electron chi connectivity index (χ4n) is 3.46. The third-order valence-corrected chi connectivity index (χ3v) is 5.90. The van der Waals surface area contributed by atoms with Gasteiger partial charge in [-0.15, -0.1) is 11.3 Å². The molecule has 0 bridgehead atoms. The molecule has 180 valence electrons. The number of carbonyl (C=O) groups excluding carboxylic acids is 2. The molecule has 0 aliphatic heterocycles. The number of fused-ring (bicyclic) bond motifs is 1. The number of esters is 1. The summed E-state index contributed by atoms with van der Waals surface area (Å²) in [7, 11) is 4.64. The highest BCUT2D eigenvalue weighted by molar-refractivity contribution is 7.14. The average Bonchev–Trinajstić information content (AvgIpc) is 3.33. The number of benzene rings is 2. The number of nitrogens with one attached hydrogen (secondary N) is 1. The first kappa shape index (κ1) is 23.9. The number of thiazole rings is 1. The molecule has 35 heavy (non-hydrogen) atoms. The van der Waals surface area contributed by atoms with Crippen molar-refractivity contribution in [2.24, 2.45) is 7.05 Å². The number of hydrogen-bond donors (Lipinski definition) is 1. The van der Waals surface area contributed by atoms with E-state index in [1.54, 1.807) is 62.1 Å². The van der Waals surface area contributed by atoms with Crippen LogP contribution in [0.5, 0.6) is 11.5 Å². The van der Waals surface area contributed by atoms with Crippen LogP contribution in [0.15, 0.2) is 52.6 Å². The van der Waals surface area contributed by atoms with Crippen molar-refractivity contribution in [3.63, 3.8) is 0 Å². The van der Waals surface area contributed by atoms with Gasteiger partial charge in [-0.2, -0.15) is 5.10 Å². The van der Waals surface area contributed by atoms with Crippen molar-refractivity contribution in [2.75, 3.05) is 26.1 Å². The average molecular weight is 495 g/mol. The number of aryl methyl sites for hydroxylation is 1. The molecule has 0 saturated carbocycles. The van der Waals surface area contributed by atoms with Crippen molar-refractivity contribution < 1.29 is 23.8 Å². The van der Waals surface area contributed by atoms with Crippen molar-refractivity contribution in [2.45, 2.75) is 6.42 Å². The number of ether oxygens (including phenoxy) is 3. The van der Waals surface area contributed by atoms with E-state index < -0.39 is 18.5 Å². The van der Waals surface area contributed by atoms with Gasteiger partial charge in [0, 0.05) is 23.4 Å². The molecule has 2 aromatic carbocycles. The molecule has 4 aromatic rings. The van der Waals surface area contributed by atoms with E-state index >= 15 is 0 Å². The predicted molar refractivity (Wildman–Crippen MR) is 131 cm³/mol. The Hall–Kier alpha value is -4.25. The Morgan fingerprint density at radius 3 is 2.60 bits per heavy atom. The van der Waals surface area contributed by atoms with Crippen LogP contribution in [-0.2, 0) is 27.8 Å². The molecule has 0 saturated heterocycles. The lowest BCUT2D eigenvalue weighted by atomic mass is 10.1. The van der Waals surface area contributed by atoms with Crippen molar-refractivity contribution in [3.05, 3.63) is 63.9 Å². The van der Waals surface area contributed by atoms with Crippen LogP contribution in [0.25, 0.3) is 22.0 Å². The number of aromatic nitrogens is 3. The topological polar surface area (TPSA) is 122 Å². The zero-order valence-corrected chi connectivity index (χ0v) is 20.0. The highest BCUT2D eigenvalue weighted by Crippen LogP contribution is 2.35. The molecule has 4 rings (SSSR count). The normalized spacial score (nSPS) is 10.7. The lowest BCUT2D eigenvalue weighted by Crippen LogP contribution is -2.24. The molecule has 2 aromatic heterocycles. The molecule has 0 aliphatic rings. The molecule has 1 N–H and O–H groups in total. The third kappa shape index (κ3) is 5.30. The van der Waals surface area contributed by atoms with Crippen molar-refractivity contribution in [1.29, 1.82) is 0 Å². The van der Waals surface area contributed by atoms with E-state index in [4.69, 9.17) is 14.2 Å². The van der Waals surface area contributed by atoms with E-state index in [9.17, 15) is 14.4 Å². The van der Waals surface area contributed by atoms with Crippen LogP contribution in [0.2, 0.25) is 0 Å². The first-order valence-electron chi connectivity index (χ1n) is 10.5. The largest absolute Gasteiger partial charge is 0.497 e. The van der Waals surface area contributed by atoms with Crippen molar-refractivity contribution >= 4 is 39.1 Å². The Morgan fingerprint density at radius 2 is 1.86 bits per heavy atom. The fraction of sp³-hybridized carbons (Fsp3) is 0.208. The second kappa shape index (κ2) is 10.3. The summed E-state index contributed by atoms with van der Waals surface area (Å²) in [6.07, 6.45) is -0.182. The number of carbonyl (C=O) groups is 2. The van der Waals surface area contributed by atoms with Crippen LogP contribution in [0.1, 0.15) is 5.69 Å². The Morgan fingerprint density at radius 1 is 1.09 bits per heavy atom. The third-order valence-electron chi connectivity index (χ3n) is 5.14. The van der Waals surface area contributed by atoms with Crippen molar-refractivity contribution in [3.8, 4) is 22.8 Å². The molecule has 0 unspecified atom stereocenters. The predicted octanol–water partition coefficient (Wildman–Crippen LogP) is 2.80. The first-order valence-corrected chi connectivity index (χ1v) is 11.4. The number of methoxy groups -OCH3 is 2. The van der Waals surface area contributed by atoms with Gasteiger partial charge in [-0.05, 0) is 24.3 Å². The van der Waals surface area contributed by atoms with E-state index in [-0.39, 0.29) is 12.0 Å². The summed E-state index contributed by atoms with van der Waals surface area (Å²) in [4.78, 5) is 41.3.